The number of hydrogen-bond donors (Lipinski definition) is 1. The molecule has 2 aromatic rings. The highest BCUT2D eigenvalue weighted by Gasteiger charge is 2.60. The van der Waals surface area contributed by atoms with Gasteiger partial charge in [-0.25, -0.2) is 9.48 Å². The fraction of sp³-hybridized carbons (Fsp3) is 0.526. The third-order valence-corrected chi connectivity index (χ3v) is 4.77. The van der Waals surface area contributed by atoms with Crippen molar-refractivity contribution in [2.45, 2.75) is 51.4 Å². The van der Waals surface area contributed by atoms with Crippen LogP contribution in [0.5, 0.6) is 0 Å². The first-order valence-electron chi connectivity index (χ1n) is 9.20. The molecule has 10 heteroatoms. The van der Waals surface area contributed by atoms with Crippen molar-refractivity contribution in [1.29, 1.82) is 0 Å². The molecule has 29 heavy (non-hydrogen) atoms. The molecule has 10 nitrogen and oxygen atoms in total. The Kier molecular flexibility index (Phi) is 5.18. The third-order valence-electron chi connectivity index (χ3n) is 4.77. The molecule has 2 aromatic heterocycles. The number of nitrogens with zero attached hydrogens (tertiary/aromatic N) is 5. The molecule has 0 aromatic carbocycles. The van der Waals surface area contributed by atoms with Crippen LogP contribution in [0.4, 0.5) is 5.82 Å². The molecule has 2 atom stereocenters. The number of amides is 1. The van der Waals surface area contributed by atoms with Gasteiger partial charge in [-0.1, -0.05) is 0 Å². The van der Waals surface area contributed by atoms with Crippen molar-refractivity contribution in [3.63, 3.8) is 0 Å². The van der Waals surface area contributed by atoms with Crippen molar-refractivity contribution >= 4 is 17.7 Å². The smallest absolute Gasteiger partial charge is 0.341 e. The van der Waals surface area contributed by atoms with Crippen LogP contribution in [-0.4, -0.2) is 66.9 Å². The maximum absolute atomic E-state index is 13.3. The van der Waals surface area contributed by atoms with Crippen molar-refractivity contribution in [3.8, 4) is 5.69 Å². The van der Waals surface area contributed by atoms with Crippen LogP contribution in [-0.2, 0) is 19.1 Å². The molecule has 1 saturated heterocycles. The Hall–Kier alpha value is -2.85. The zero-order chi connectivity index (χ0) is 21.4. The normalized spacial score (nSPS) is 22.3. The Labute approximate surface area is 168 Å². The van der Waals surface area contributed by atoms with Gasteiger partial charge in [-0.3, -0.25) is 9.69 Å². The largest absolute Gasteiger partial charge is 0.458 e. The Morgan fingerprint density at radius 1 is 1.28 bits per heavy atom. The Balaban J connectivity index is 1.88. The number of anilines is 1. The molecule has 1 amide bonds. The second-order valence-electron chi connectivity index (χ2n) is 8.13. The molecule has 0 spiro atoms. The van der Waals surface area contributed by atoms with E-state index in [0.717, 1.165) is 0 Å². The Morgan fingerprint density at radius 3 is 2.62 bits per heavy atom. The average Bonchev–Trinajstić information content (AvgIpc) is 3.13. The molecule has 0 unspecified atom stereocenters. The summed E-state index contributed by atoms with van der Waals surface area (Å²) >= 11 is 0. The highest BCUT2D eigenvalue weighted by atomic mass is 16.6. The fourth-order valence-electron chi connectivity index (χ4n) is 2.92. The van der Waals surface area contributed by atoms with Crippen molar-refractivity contribution in [1.82, 2.24) is 20.0 Å². The minimum atomic E-state index is -2.20. The van der Waals surface area contributed by atoms with Crippen LogP contribution in [0.2, 0.25) is 0 Å². The third kappa shape index (κ3) is 3.85. The number of carbonyl (C=O) groups excluding carboxylic acids is 2. The number of carbonyl (C=O) groups is 2. The maximum Gasteiger partial charge on any atom is 0.341 e. The topological polar surface area (TPSA) is 120 Å². The van der Waals surface area contributed by atoms with Crippen LogP contribution in [0.25, 0.3) is 5.69 Å². The zero-order valence-electron chi connectivity index (χ0n) is 17.1. The molecule has 1 fully saturated rings. The lowest BCUT2D eigenvalue weighted by Crippen LogP contribution is -2.69. The van der Waals surface area contributed by atoms with Crippen LogP contribution in [0, 0.1) is 0 Å². The zero-order valence-corrected chi connectivity index (χ0v) is 17.1. The number of hydrogen-bond acceptors (Lipinski definition) is 8. The first kappa shape index (κ1) is 20.9. The van der Waals surface area contributed by atoms with Gasteiger partial charge >= 0.3 is 5.97 Å². The lowest BCUT2D eigenvalue weighted by Gasteiger charge is -2.45. The van der Waals surface area contributed by atoms with E-state index in [1.54, 1.807) is 43.8 Å². The number of aliphatic hydroxyl groups is 1. The summed E-state index contributed by atoms with van der Waals surface area (Å²) in [6.45, 7) is 7.99. The van der Waals surface area contributed by atoms with E-state index in [0.29, 0.717) is 11.5 Å². The molecule has 3 rings (SSSR count). The molecule has 1 aliphatic rings. The van der Waals surface area contributed by atoms with E-state index in [4.69, 9.17) is 9.47 Å². The quantitative estimate of drug-likeness (QED) is 0.747. The van der Waals surface area contributed by atoms with Gasteiger partial charge in [0.1, 0.15) is 5.60 Å². The van der Waals surface area contributed by atoms with Crippen LogP contribution >= 0.6 is 0 Å². The van der Waals surface area contributed by atoms with Gasteiger partial charge in [0.2, 0.25) is 0 Å². The number of ether oxygens (including phenoxy) is 2. The highest BCUT2D eigenvalue weighted by molar-refractivity contribution is 6.04. The van der Waals surface area contributed by atoms with Crippen molar-refractivity contribution in [2.24, 2.45) is 0 Å². The van der Waals surface area contributed by atoms with Gasteiger partial charge in [0, 0.05) is 12.3 Å². The molecule has 3 heterocycles. The van der Waals surface area contributed by atoms with Gasteiger partial charge < -0.3 is 14.6 Å². The molecule has 1 aliphatic heterocycles. The Morgan fingerprint density at radius 2 is 2.00 bits per heavy atom. The lowest BCUT2D eigenvalue weighted by molar-refractivity contribution is -0.214. The molecule has 156 valence electrons. The SMILES string of the molecule is CC(C)(C)OC(=O)[C@](C)(O)[C@@]1(C)OCCN(c2ccn(-c3ccnnc3)n2)C1=O. The fourth-order valence-corrected chi connectivity index (χ4v) is 2.92. The van der Waals surface area contributed by atoms with E-state index in [-0.39, 0.29) is 13.2 Å². The minimum Gasteiger partial charge on any atom is -0.458 e. The van der Waals surface area contributed by atoms with Gasteiger partial charge in [0.05, 0.1) is 31.2 Å². The van der Waals surface area contributed by atoms with Crippen LogP contribution in [0.1, 0.15) is 34.6 Å². The van der Waals surface area contributed by atoms with Gasteiger partial charge in [-0.05, 0) is 40.7 Å². The van der Waals surface area contributed by atoms with E-state index in [1.165, 1.54) is 31.1 Å². The Bertz CT molecular complexity index is 905. The van der Waals surface area contributed by atoms with Crippen LogP contribution in [0.15, 0.2) is 30.7 Å². The highest BCUT2D eigenvalue weighted by Crippen LogP contribution is 2.35. The van der Waals surface area contributed by atoms with Crippen molar-refractivity contribution < 1.29 is 24.2 Å². The predicted octanol–water partition coefficient (Wildman–Crippen LogP) is 0.877. The first-order chi connectivity index (χ1) is 13.5. The number of esters is 1. The molecular weight excluding hydrogens is 378 g/mol. The van der Waals surface area contributed by atoms with Gasteiger partial charge in [-0.2, -0.15) is 10.2 Å². The van der Waals surface area contributed by atoms with E-state index in [1.807, 2.05) is 0 Å². The van der Waals surface area contributed by atoms with E-state index >= 15 is 0 Å². The molecule has 0 saturated carbocycles. The predicted molar refractivity (Wildman–Crippen MR) is 102 cm³/mol. The van der Waals surface area contributed by atoms with Crippen LogP contribution in [0.3, 0.4) is 0 Å². The molecule has 0 radical (unpaired) electrons. The average molecular weight is 403 g/mol. The molecular formula is C19H25N5O5. The van der Waals surface area contributed by atoms with Gasteiger partial charge in [-0.15, -0.1) is 5.10 Å². The molecule has 0 aliphatic carbocycles. The van der Waals surface area contributed by atoms with Crippen molar-refractivity contribution in [2.75, 3.05) is 18.1 Å². The standard InChI is InChI=1S/C19H25N5O5/c1-17(2,3)29-16(26)18(4,27)19(5)15(25)23(10-11-28-19)14-7-9-24(22-14)13-6-8-20-21-12-13/h6-9,12,27H,10-11H2,1-5H3/t18-,19-/m0/s1. The number of aromatic nitrogens is 4. The molecule has 0 bridgehead atoms. The summed E-state index contributed by atoms with van der Waals surface area (Å²) in [7, 11) is 0. The monoisotopic (exact) mass is 403 g/mol. The molecule has 1 N–H and O–H groups in total. The van der Waals surface area contributed by atoms with E-state index < -0.39 is 28.7 Å². The van der Waals surface area contributed by atoms with Crippen molar-refractivity contribution in [3.05, 3.63) is 30.7 Å². The van der Waals surface area contributed by atoms with E-state index in [2.05, 4.69) is 15.3 Å². The number of morpholine rings is 1. The minimum absolute atomic E-state index is 0.116. The lowest BCUT2D eigenvalue weighted by atomic mass is 9.83. The summed E-state index contributed by atoms with van der Waals surface area (Å²) in [6, 6.07) is 3.38. The summed E-state index contributed by atoms with van der Waals surface area (Å²) in [6.07, 6.45) is 4.75. The van der Waals surface area contributed by atoms with Gasteiger partial charge in [0.25, 0.3) is 5.91 Å². The first-order valence-corrected chi connectivity index (χ1v) is 9.20. The summed E-state index contributed by atoms with van der Waals surface area (Å²) in [5, 5.41) is 22.9. The van der Waals surface area contributed by atoms with Crippen LogP contribution < -0.4 is 4.90 Å². The summed E-state index contributed by atoms with van der Waals surface area (Å²) in [5.74, 6) is -1.16. The van der Waals surface area contributed by atoms with Gasteiger partial charge in [0.15, 0.2) is 17.0 Å². The summed E-state index contributed by atoms with van der Waals surface area (Å²) in [5.41, 5.74) is -4.19. The number of rotatable bonds is 4. The maximum atomic E-state index is 13.3. The second-order valence-corrected chi connectivity index (χ2v) is 8.13. The van der Waals surface area contributed by atoms with E-state index in [9.17, 15) is 14.7 Å². The summed E-state index contributed by atoms with van der Waals surface area (Å²) in [4.78, 5) is 27.3. The summed E-state index contributed by atoms with van der Waals surface area (Å²) < 4.78 is 12.5. The second kappa shape index (κ2) is 7.20.